The summed E-state index contributed by atoms with van der Waals surface area (Å²) in [6, 6.07) is 8.67. The van der Waals surface area contributed by atoms with Gasteiger partial charge < -0.3 is 10.1 Å². The minimum Gasteiger partial charge on any atom is -0.496 e. The van der Waals surface area contributed by atoms with Crippen molar-refractivity contribution in [1.82, 2.24) is 0 Å². The van der Waals surface area contributed by atoms with Crippen molar-refractivity contribution in [3.63, 3.8) is 0 Å². The molecule has 0 spiro atoms. The Morgan fingerprint density at radius 2 is 1.60 bits per heavy atom. The predicted octanol–water partition coefficient (Wildman–Crippen LogP) is 5.92. The van der Waals surface area contributed by atoms with Crippen LogP contribution < -0.4 is 10.1 Å². The fraction of sp³-hybridized carbons (Fsp3) is 0.143. The molecule has 0 saturated heterocycles. The first-order chi connectivity index (χ1) is 9.51. The first-order valence-corrected chi connectivity index (χ1v) is 7.23. The van der Waals surface area contributed by atoms with Crippen LogP contribution in [0.4, 0.5) is 5.69 Å². The van der Waals surface area contributed by atoms with Crippen LogP contribution in [-0.4, -0.2) is 7.11 Å². The van der Waals surface area contributed by atoms with Gasteiger partial charge in [-0.25, -0.2) is 0 Å². The number of methoxy groups -OCH3 is 1. The average molecular weight is 351 g/mol. The molecule has 0 aliphatic carbocycles. The van der Waals surface area contributed by atoms with Crippen LogP contribution in [0.25, 0.3) is 0 Å². The maximum atomic E-state index is 6.12. The van der Waals surface area contributed by atoms with E-state index in [1.54, 1.807) is 25.3 Å². The molecule has 0 heterocycles. The molecule has 0 aliphatic heterocycles. The van der Waals surface area contributed by atoms with E-state index in [1.165, 1.54) is 0 Å². The number of ether oxygens (including phenoxy) is 1. The lowest BCUT2D eigenvalue weighted by Gasteiger charge is -2.13. The molecular formula is C14H11Cl4NO. The van der Waals surface area contributed by atoms with Gasteiger partial charge in [0.1, 0.15) is 5.75 Å². The van der Waals surface area contributed by atoms with E-state index in [9.17, 15) is 0 Å². The molecule has 0 atom stereocenters. The van der Waals surface area contributed by atoms with Gasteiger partial charge in [0.25, 0.3) is 0 Å². The Morgan fingerprint density at radius 1 is 0.950 bits per heavy atom. The Balaban J connectivity index is 2.23. The molecule has 0 aliphatic rings. The smallest absolute Gasteiger partial charge is 0.123 e. The second-order valence-electron chi connectivity index (χ2n) is 4.05. The van der Waals surface area contributed by atoms with Crippen LogP contribution in [-0.2, 0) is 6.54 Å². The van der Waals surface area contributed by atoms with Gasteiger partial charge >= 0.3 is 0 Å². The van der Waals surface area contributed by atoms with Gasteiger partial charge in [-0.05, 0) is 30.3 Å². The number of nitrogens with one attached hydrogen (secondary N) is 1. The molecule has 0 unspecified atom stereocenters. The van der Waals surface area contributed by atoms with E-state index in [4.69, 9.17) is 51.1 Å². The summed E-state index contributed by atoms with van der Waals surface area (Å²) in [4.78, 5) is 0. The molecule has 2 rings (SSSR count). The maximum absolute atomic E-state index is 6.12. The Hall–Kier alpha value is -0.800. The van der Waals surface area contributed by atoms with Crippen LogP contribution in [0.2, 0.25) is 20.1 Å². The van der Waals surface area contributed by atoms with Crippen molar-refractivity contribution in [1.29, 1.82) is 0 Å². The van der Waals surface area contributed by atoms with Crippen molar-refractivity contribution in [2.45, 2.75) is 6.54 Å². The number of hydrogen-bond donors (Lipinski definition) is 1. The fourth-order valence-electron chi connectivity index (χ4n) is 1.78. The van der Waals surface area contributed by atoms with E-state index >= 15 is 0 Å². The van der Waals surface area contributed by atoms with Crippen LogP contribution in [0.15, 0.2) is 30.3 Å². The molecule has 20 heavy (non-hydrogen) atoms. The number of benzene rings is 2. The molecule has 6 heteroatoms. The van der Waals surface area contributed by atoms with Gasteiger partial charge in [0.15, 0.2) is 0 Å². The van der Waals surface area contributed by atoms with Crippen molar-refractivity contribution in [3.05, 3.63) is 56.0 Å². The lowest BCUT2D eigenvalue weighted by Crippen LogP contribution is -2.03. The Kier molecular flexibility index (Phi) is 5.28. The minimum absolute atomic E-state index is 0.462. The Labute approximate surface area is 137 Å². The van der Waals surface area contributed by atoms with Gasteiger partial charge in [0.05, 0.1) is 22.8 Å². The molecule has 106 valence electrons. The molecular weight excluding hydrogens is 340 g/mol. The summed E-state index contributed by atoms with van der Waals surface area (Å²) in [5, 5.41) is 5.22. The largest absolute Gasteiger partial charge is 0.496 e. The predicted molar refractivity (Wildman–Crippen MR) is 86.8 cm³/mol. The van der Waals surface area contributed by atoms with Gasteiger partial charge in [-0.15, -0.1) is 0 Å². The molecule has 2 aromatic rings. The van der Waals surface area contributed by atoms with Crippen molar-refractivity contribution in [3.8, 4) is 5.75 Å². The second-order valence-corrected chi connectivity index (χ2v) is 5.74. The van der Waals surface area contributed by atoms with Crippen LogP contribution in [0.3, 0.4) is 0 Å². The summed E-state index contributed by atoms with van der Waals surface area (Å²) in [6.07, 6.45) is 0. The van der Waals surface area contributed by atoms with Crippen LogP contribution in [0.5, 0.6) is 5.75 Å². The molecule has 0 aromatic heterocycles. The molecule has 0 fully saturated rings. The first-order valence-electron chi connectivity index (χ1n) is 5.72. The van der Waals surface area contributed by atoms with Crippen molar-refractivity contribution >= 4 is 52.1 Å². The first kappa shape index (κ1) is 15.6. The van der Waals surface area contributed by atoms with E-state index in [-0.39, 0.29) is 0 Å². The molecule has 2 aromatic carbocycles. The lowest BCUT2D eigenvalue weighted by molar-refractivity contribution is 0.410. The standard InChI is InChI=1S/C14H11Cl4NO/c1-20-13-3-2-9(15)4-8(13)7-19-14-11(17)5-10(16)6-12(14)18/h2-6,19H,7H2,1H3. The minimum atomic E-state index is 0.462. The van der Waals surface area contributed by atoms with Crippen LogP contribution in [0, 0.1) is 0 Å². The summed E-state index contributed by atoms with van der Waals surface area (Å²) in [5.74, 6) is 0.739. The van der Waals surface area contributed by atoms with Gasteiger partial charge in [0, 0.05) is 22.2 Å². The summed E-state index contributed by atoms with van der Waals surface area (Å²) in [5.41, 5.74) is 1.53. The zero-order valence-electron chi connectivity index (χ0n) is 10.5. The highest BCUT2D eigenvalue weighted by Crippen LogP contribution is 2.34. The molecule has 0 saturated carbocycles. The molecule has 1 N–H and O–H groups in total. The highest BCUT2D eigenvalue weighted by Gasteiger charge is 2.09. The summed E-state index contributed by atoms with van der Waals surface area (Å²) in [7, 11) is 1.61. The van der Waals surface area contributed by atoms with Gasteiger partial charge in [0.2, 0.25) is 0 Å². The topological polar surface area (TPSA) is 21.3 Å². The van der Waals surface area contributed by atoms with Gasteiger partial charge in [-0.3, -0.25) is 0 Å². The number of halogens is 4. The van der Waals surface area contributed by atoms with Crippen molar-refractivity contribution in [2.24, 2.45) is 0 Å². The van der Waals surface area contributed by atoms with Crippen molar-refractivity contribution in [2.75, 3.05) is 12.4 Å². The Morgan fingerprint density at radius 3 is 2.20 bits per heavy atom. The second kappa shape index (κ2) is 6.77. The molecule has 0 radical (unpaired) electrons. The van der Waals surface area contributed by atoms with E-state index in [0.29, 0.717) is 32.3 Å². The lowest BCUT2D eigenvalue weighted by atomic mass is 10.2. The summed E-state index contributed by atoms with van der Waals surface area (Å²) >= 11 is 24.1. The third kappa shape index (κ3) is 3.64. The molecule has 2 nitrogen and oxygen atoms in total. The zero-order chi connectivity index (χ0) is 14.7. The molecule has 0 amide bonds. The summed E-state index contributed by atoms with van der Waals surface area (Å²) in [6.45, 7) is 0.477. The number of anilines is 1. The average Bonchev–Trinajstić information content (AvgIpc) is 2.37. The van der Waals surface area contributed by atoms with E-state index < -0.39 is 0 Å². The van der Waals surface area contributed by atoms with E-state index in [1.807, 2.05) is 12.1 Å². The molecule has 0 bridgehead atoms. The zero-order valence-corrected chi connectivity index (χ0v) is 13.5. The third-order valence-corrected chi connectivity index (χ3v) is 3.75. The number of rotatable bonds is 4. The Bertz CT molecular complexity index is 608. The highest BCUT2D eigenvalue weighted by atomic mass is 35.5. The van der Waals surface area contributed by atoms with Crippen molar-refractivity contribution < 1.29 is 4.74 Å². The van der Waals surface area contributed by atoms with Crippen LogP contribution >= 0.6 is 46.4 Å². The van der Waals surface area contributed by atoms with E-state index in [0.717, 1.165) is 11.3 Å². The quantitative estimate of drug-likeness (QED) is 0.738. The number of hydrogen-bond acceptors (Lipinski definition) is 2. The maximum Gasteiger partial charge on any atom is 0.123 e. The summed E-state index contributed by atoms with van der Waals surface area (Å²) < 4.78 is 5.28. The highest BCUT2D eigenvalue weighted by molar-refractivity contribution is 6.41. The van der Waals surface area contributed by atoms with Gasteiger partial charge in [-0.1, -0.05) is 46.4 Å². The SMILES string of the molecule is COc1ccc(Cl)cc1CNc1c(Cl)cc(Cl)cc1Cl. The fourth-order valence-corrected chi connectivity index (χ4v) is 2.93. The third-order valence-electron chi connectivity index (χ3n) is 2.70. The normalized spacial score (nSPS) is 10.4. The van der Waals surface area contributed by atoms with Crippen LogP contribution in [0.1, 0.15) is 5.56 Å². The van der Waals surface area contributed by atoms with Gasteiger partial charge in [-0.2, -0.15) is 0 Å². The van der Waals surface area contributed by atoms with E-state index in [2.05, 4.69) is 5.32 Å². The monoisotopic (exact) mass is 349 g/mol.